The average molecular weight is 568 g/mol. The molecule has 0 fully saturated rings. The third kappa shape index (κ3) is 7.10. The second-order valence-corrected chi connectivity index (χ2v) is 9.09. The third-order valence-electron chi connectivity index (χ3n) is 6.23. The van der Waals surface area contributed by atoms with Crippen molar-refractivity contribution >= 4 is 23.1 Å². The maximum atomic E-state index is 14.9. The highest BCUT2D eigenvalue weighted by Crippen LogP contribution is 2.28. The molecule has 216 valence electrons. The number of halogens is 2. The van der Waals surface area contributed by atoms with Crippen LogP contribution in [-0.2, 0) is 11.3 Å². The van der Waals surface area contributed by atoms with Crippen molar-refractivity contribution < 1.29 is 28.2 Å². The van der Waals surface area contributed by atoms with E-state index in [0.717, 1.165) is 6.07 Å². The quantitative estimate of drug-likeness (QED) is 0.191. The van der Waals surface area contributed by atoms with Crippen molar-refractivity contribution in [1.29, 1.82) is 0 Å². The SMILES string of the molecule is C#CCN(CCO)CCCOc1cc2c(cc1OC)=C(Nc1cnn(CC(N)=O)c1)N(c1cccc(F)c1F)CN=2. The van der Waals surface area contributed by atoms with Crippen LogP contribution >= 0.6 is 0 Å². The molecule has 13 heteroatoms. The van der Waals surface area contributed by atoms with Gasteiger partial charge >= 0.3 is 0 Å². The van der Waals surface area contributed by atoms with Crippen molar-refractivity contribution in [2.45, 2.75) is 13.0 Å². The fraction of sp³-hybridized carbons (Fsp3) is 0.321. The van der Waals surface area contributed by atoms with Crippen LogP contribution in [0.4, 0.5) is 20.2 Å². The normalized spacial score (nSPS) is 12.5. The van der Waals surface area contributed by atoms with E-state index in [9.17, 15) is 18.7 Å². The van der Waals surface area contributed by atoms with Gasteiger partial charge in [-0.2, -0.15) is 5.10 Å². The van der Waals surface area contributed by atoms with E-state index in [1.54, 1.807) is 18.3 Å². The number of nitrogens with two attached hydrogens (primary N) is 1. The molecule has 0 spiro atoms. The van der Waals surface area contributed by atoms with Gasteiger partial charge in [0.1, 0.15) is 19.0 Å². The zero-order valence-electron chi connectivity index (χ0n) is 22.5. The van der Waals surface area contributed by atoms with E-state index in [1.165, 1.54) is 35.0 Å². The number of aliphatic hydroxyl groups is 1. The van der Waals surface area contributed by atoms with E-state index in [0.29, 0.717) is 66.2 Å². The molecule has 41 heavy (non-hydrogen) atoms. The van der Waals surface area contributed by atoms with Crippen LogP contribution in [0.3, 0.4) is 0 Å². The van der Waals surface area contributed by atoms with Crippen LogP contribution < -0.4 is 36.0 Å². The molecule has 2 heterocycles. The van der Waals surface area contributed by atoms with Gasteiger partial charge in [0.2, 0.25) is 5.91 Å². The van der Waals surface area contributed by atoms with Gasteiger partial charge in [-0.25, -0.2) is 8.78 Å². The summed E-state index contributed by atoms with van der Waals surface area (Å²) in [4.78, 5) is 19.4. The summed E-state index contributed by atoms with van der Waals surface area (Å²) in [6.45, 7) is 1.76. The molecule has 2 aromatic carbocycles. The van der Waals surface area contributed by atoms with E-state index < -0.39 is 17.5 Å². The zero-order chi connectivity index (χ0) is 29.4. The minimum absolute atomic E-state index is 0.0119. The molecule has 0 radical (unpaired) electrons. The predicted molar refractivity (Wildman–Crippen MR) is 148 cm³/mol. The number of carbonyl (C=O) groups is 1. The Labute approximate surface area is 235 Å². The molecule has 0 saturated heterocycles. The molecule has 3 aromatic rings. The molecule has 0 saturated carbocycles. The minimum atomic E-state index is -1.03. The van der Waals surface area contributed by atoms with Crippen LogP contribution in [0.15, 0.2) is 47.7 Å². The van der Waals surface area contributed by atoms with E-state index in [-0.39, 0.29) is 25.5 Å². The van der Waals surface area contributed by atoms with Gasteiger partial charge in [-0.05, 0) is 24.6 Å². The highest BCUT2D eigenvalue weighted by molar-refractivity contribution is 5.78. The zero-order valence-corrected chi connectivity index (χ0v) is 22.5. The van der Waals surface area contributed by atoms with Crippen molar-refractivity contribution in [2.75, 3.05) is 56.8 Å². The Bertz CT molecular complexity index is 1550. The average Bonchev–Trinajstić information content (AvgIpc) is 3.38. The Morgan fingerprint density at radius 1 is 1.29 bits per heavy atom. The highest BCUT2D eigenvalue weighted by atomic mass is 19.2. The molecule has 1 aliphatic rings. The molecule has 0 unspecified atom stereocenters. The lowest BCUT2D eigenvalue weighted by Crippen LogP contribution is -2.43. The number of terminal acetylenes is 1. The van der Waals surface area contributed by atoms with Crippen LogP contribution in [0.2, 0.25) is 0 Å². The van der Waals surface area contributed by atoms with Crippen LogP contribution in [0.5, 0.6) is 11.5 Å². The number of nitrogens with zero attached hydrogens (tertiary/aromatic N) is 5. The second-order valence-electron chi connectivity index (χ2n) is 9.09. The molecule has 1 amide bonds. The molecule has 0 aliphatic carbocycles. The third-order valence-corrected chi connectivity index (χ3v) is 6.23. The number of hydrogen-bond acceptors (Lipinski definition) is 9. The van der Waals surface area contributed by atoms with E-state index >= 15 is 0 Å². The number of fused-ring (bicyclic) bond motifs is 1. The van der Waals surface area contributed by atoms with E-state index in [1.807, 2.05) is 4.90 Å². The van der Waals surface area contributed by atoms with Crippen molar-refractivity contribution in [3.05, 3.63) is 64.9 Å². The van der Waals surface area contributed by atoms with Gasteiger partial charge in [-0.1, -0.05) is 12.0 Å². The van der Waals surface area contributed by atoms with Crippen LogP contribution in [-0.4, -0.2) is 72.3 Å². The Kier molecular flexibility index (Phi) is 9.73. The number of primary amides is 1. The monoisotopic (exact) mass is 567 g/mol. The summed E-state index contributed by atoms with van der Waals surface area (Å²) < 4.78 is 42.1. The number of rotatable bonds is 14. The number of aliphatic hydroxyl groups excluding tert-OH is 1. The van der Waals surface area contributed by atoms with Gasteiger partial charge in [0.05, 0.1) is 49.8 Å². The topological polar surface area (TPSA) is 130 Å². The van der Waals surface area contributed by atoms with E-state index in [2.05, 4.69) is 21.3 Å². The number of benzene rings is 2. The van der Waals surface area contributed by atoms with Crippen molar-refractivity contribution in [2.24, 2.45) is 10.7 Å². The van der Waals surface area contributed by atoms with Crippen LogP contribution in [0.1, 0.15) is 6.42 Å². The Morgan fingerprint density at radius 3 is 2.85 bits per heavy atom. The first-order valence-corrected chi connectivity index (χ1v) is 12.8. The van der Waals surface area contributed by atoms with Gasteiger partial charge in [0, 0.05) is 30.6 Å². The Hall–Kier alpha value is -4.67. The summed E-state index contributed by atoms with van der Waals surface area (Å²) in [5.41, 5.74) is 5.73. The summed E-state index contributed by atoms with van der Waals surface area (Å²) in [5.74, 6) is 1.24. The molecular weight excluding hydrogens is 536 g/mol. The highest BCUT2D eigenvalue weighted by Gasteiger charge is 2.23. The molecule has 4 rings (SSSR count). The molecule has 4 N–H and O–H groups in total. The van der Waals surface area contributed by atoms with Gasteiger partial charge < -0.3 is 30.5 Å². The molecule has 1 aliphatic heterocycles. The number of nitrogens with one attached hydrogen (secondary N) is 1. The van der Waals surface area contributed by atoms with Gasteiger partial charge in [0.25, 0.3) is 0 Å². The Morgan fingerprint density at radius 2 is 2.12 bits per heavy atom. The number of hydrogen-bond donors (Lipinski definition) is 3. The maximum Gasteiger partial charge on any atom is 0.239 e. The lowest BCUT2D eigenvalue weighted by molar-refractivity contribution is -0.118. The molecule has 1 aromatic heterocycles. The minimum Gasteiger partial charge on any atom is -0.493 e. The summed E-state index contributed by atoms with van der Waals surface area (Å²) >= 11 is 0. The Balaban J connectivity index is 1.69. The van der Waals surface area contributed by atoms with Crippen molar-refractivity contribution in [1.82, 2.24) is 14.7 Å². The maximum absolute atomic E-state index is 14.9. The van der Waals surface area contributed by atoms with Crippen LogP contribution in [0.25, 0.3) is 5.82 Å². The number of ether oxygens (including phenoxy) is 2. The first-order chi connectivity index (χ1) is 19.8. The summed E-state index contributed by atoms with van der Waals surface area (Å²) in [7, 11) is 1.50. The molecule has 11 nitrogen and oxygen atoms in total. The number of carbonyl (C=O) groups excluding carboxylic acids is 1. The fourth-order valence-corrected chi connectivity index (χ4v) is 4.36. The van der Waals surface area contributed by atoms with Crippen molar-refractivity contribution in [3.8, 4) is 23.8 Å². The van der Waals surface area contributed by atoms with Gasteiger partial charge in [0.15, 0.2) is 23.1 Å². The largest absolute Gasteiger partial charge is 0.493 e. The summed E-state index contributed by atoms with van der Waals surface area (Å²) in [5, 5.41) is 17.6. The number of methoxy groups -OCH3 is 1. The lowest BCUT2D eigenvalue weighted by atomic mass is 10.2. The molecular formula is C28H31F2N7O4. The molecule has 0 atom stereocenters. The summed E-state index contributed by atoms with van der Waals surface area (Å²) in [6, 6.07) is 7.32. The lowest BCUT2D eigenvalue weighted by Gasteiger charge is -2.29. The van der Waals surface area contributed by atoms with E-state index in [4.69, 9.17) is 21.6 Å². The number of anilines is 2. The summed E-state index contributed by atoms with van der Waals surface area (Å²) in [6.07, 6.45) is 9.10. The van der Waals surface area contributed by atoms with Gasteiger partial charge in [-0.15, -0.1) is 6.42 Å². The predicted octanol–water partition coefficient (Wildman–Crippen LogP) is 0.627. The smallest absolute Gasteiger partial charge is 0.239 e. The first kappa shape index (κ1) is 29.3. The number of amides is 1. The fourth-order valence-electron chi connectivity index (χ4n) is 4.36. The van der Waals surface area contributed by atoms with Gasteiger partial charge in [-0.3, -0.25) is 19.4 Å². The standard InChI is InChI=1S/C28H31F2N7O4/c1-3-8-35(10-11-38)9-5-12-41-25-14-22-20(13-24(25)40-2)28(34-19-15-33-36(16-19)17-26(31)39)37(18-32-22)23-7-4-6-21(29)27(23)30/h1,4,6-7,13-16,34,38H,5,8-12,17-18H2,2H3,(H2,31,39). The van der Waals surface area contributed by atoms with Crippen molar-refractivity contribution in [3.63, 3.8) is 0 Å². The first-order valence-electron chi connectivity index (χ1n) is 12.8. The molecule has 0 bridgehead atoms. The second kappa shape index (κ2) is 13.6. The van der Waals surface area contributed by atoms with Crippen LogP contribution in [0, 0.1) is 24.0 Å². The number of aromatic nitrogens is 2.